The molecule has 158 valence electrons. The van der Waals surface area contributed by atoms with Crippen LogP contribution in [0.2, 0.25) is 0 Å². The van der Waals surface area contributed by atoms with Crippen LogP contribution in [-0.4, -0.2) is 85.0 Å². The highest BCUT2D eigenvalue weighted by Crippen LogP contribution is 2.18. The zero-order chi connectivity index (χ0) is 19.2. The van der Waals surface area contributed by atoms with E-state index in [-0.39, 0.29) is 30.0 Å². The number of carbonyl (C=O) groups excluding carboxylic acids is 1. The van der Waals surface area contributed by atoms with Crippen LogP contribution < -0.4 is 5.32 Å². The van der Waals surface area contributed by atoms with Crippen molar-refractivity contribution in [3.63, 3.8) is 0 Å². The molecule has 1 aromatic heterocycles. The first-order valence-corrected chi connectivity index (χ1v) is 10.1. The molecule has 2 saturated heterocycles. The molecule has 3 rings (SSSR count). The van der Waals surface area contributed by atoms with E-state index in [1.54, 1.807) is 6.26 Å². The smallest absolute Gasteiger partial charge is 0.240 e. The molecule has 1 unspecified atom stereocenters. The maximum atomic E-state index is 12.8. The number of hydrogen-bond donors (Lipinski definition) is 1. The molecule has 1 N–H and O–H groups in total. The molecule has 3 heterocycles. The van der Waals surface area contributed by atoms with E-state index < -0.39 is 0 Å². The van der Waals surface area contributed by atoms with Crippen molar-refractivity contribution in [3.8, 4) is 0 Å². The van der Waals surface area contributed by atoms with Gasteiger partial charge in [0.2, 0.25) is 5.91 Å². The average Bonchev–Trinajstić information content (AvgIpc) is 3.32. The molecule has 0 aliphatic carbocycles. The van der Waals surface area contributed by atoms with E-state index in [1.165, 1.54) is 0 Å². The Balaban J connectivity index is 0.00000280. The molecule has 0 aromatic carbocycles. The maximum absolute atomic E-state index is 12.8. The van der Waals surface area contributed by atoms with Crippen molar-refractivity contribution in [2.75, 3.05) is 46.3 Å². The molecular weight excluding hydrogens is 469 g/mol. The van der Waals surface area contributed by atoms with Crippen molar-refractivity contribution >= 4 is 35.8 Å². The molecule has 0 bridgehead atoms. The quantitative estimate of drug-likeness (QED) is 0.379. The first-order valence-electron chi connectivity index (χ1n) is 10.1. The largest absolute Gasteiger partial charge is 0.469 e. The average molecular weight is 503 g/mol. The van der Waals surface area contributed by atoms with Crippen LogP contribution in [0.1, 0.15) is 32.4 Å². The molecular formula is C20H34IN5O2. The summed E-state index contributed by atoms with van der Waals surface area (Å²) >= 11 is 0. The van der Waals surface area contributed by atoms with Crippen molar-refractivity contribution in [1.29, 1.82) is 0 Å². The minimum absolute atomic E-state index is 0. The number of carbonyl (C=O) groups is 1. The van der Waals surface area contributed by atoms with Gasteiger partial charge in [0.25, 0.3) is 0 Å². The van der Waals surface area contributed by atoms with Crippen molar-refractivity contribution in [1.82, 2.24) is 20.0 Å². The lowest BCUT2D eigenvalue weighted by Crippen LogP contribution is -2.57. The Morgan fingerprint density at radius 1 is 1.25 bits per heavy atom. The van der Waals surface area contributed by atoms with E-state index in [9.17, 15) is 4.79 Å². The van der Waals surface area contributed by atoms with Gasteiger partial charge in [0.1, 0.15) is 5.76 Å². The number of halogens is 1. The van der Waals surface area contributed by atoms with Crippen molar-refractivity contribution < 1.29 is 9.21 Å². The number of amides is 1. The highest BCUT2D eigenvalue weighted by Gasteiger charge is 2.33. The van der Waals surface area contributed by atoms with Gasteiger partial charge in [-0.25, -0.2) is 0 Å². The minimum atomic E-state index is 0. The molecule has 8 heteroatoms. The highest BCUT2D eigenvalue weighted by atomic mass is 127. The lowest BCUT2D eigenvalue weighted by molar-refractivity contribution is -0.136. The van der Waals surface area contributed by atoms with Gasteiger partial charge in [-0.3, -0.25) is 14.7 Å². The third kappa shape index (κ3) is 6.10. The number of rotatable bonds is 5. The number of aliphatic imine (C=N–C) groups is 1. The summed E-state index contributed by atoms with van der Waals surface area (Å²) in [5.41, 5.74) is 0. The molecule has 7 nitrogen and oxygen atoms in total. The summed E-state index contributed by atoms with van der Waals surface area (Å²) in [5.74, 6) is 2.18. The van der Waals surface area contributed by atoms with Gasteiger partial charge in [-0.1, -0.05) is 0 Å². The number of piperazine rings is 1. The van der Waals surface area contributed by atoms with Gasteiger partial charge >= 0.3 is 0 Å². The number of hydrogen-bond acceptors (Lipinski definition) is 4. The van der Waals surface area contributed by atoms with Crippen LogP contribution in [0, 0.1) is 0 Å². The zero-order valence-corrected chi connectivity index (χ0v) is 19.6. The maximum Gasteiger partial charge on any atom is 0.240 e. The molecule has 2 aliphatic heterocycles. The predicted octanol–water partition coefficient (Wildman–Crippen LogP) is 2.03. The highest BCUT2D eigenvalue weighted by molar-refractivity contribution is 14.0. The lowest BCUT2D eigenvalue weighted by atomic mass is 10.1. The van der Waals surface area contributed by atoms with Crippen LogP contribution in [0.5, 0.6) is 0 Å². The topological polar surface area (TPSA) is 64.3 Å². The number of nitrogens with one attached hydrogen (secondary N) is 1. The Bertz CT molecular complexity index is 627. The molecule has 1 atom stereocenters. The van der Waals surface area contributed by atoms with Crippen LogP contribution in [0.4, 0.5) is 0 Å². The first-order chi connectivity index (χ1) is 13.0. The third-order valence-electron chi connectivity index (χ3n) is 5.31. The van der Waals surface area contributed by atoms with Gasteiger partial charge in [-0.2, -0.15) is 0 Å². The summed E-state index contributed by atoms with van der Waals surface area (Å²) in [6.07, 6.45) is 4.61. The van der Waals surface area contributed by atoms with Crippen LogP contribution in [0.15, 0.2) is 27.8 Å². The van der Waals surface area contributed by atoms with E-state index in [0.29, 0.717) is 18.5 Å². The number of likely N-dealkylation sites (tertiary alicyclic amines) is 1. The molecule has 0 saturated carbocycles. The second-order valence-corrected chi connectivity index (χ2v) is 7.78. The molecule has 2 aliphatic rings. The number of furan rings is 1. The third-order valence-corrected chi connectivity index (χ3v) is 5.31. The van der Waals surface area contributed by atoms with E-state index in [4.69, 9.17) is 9.41 Å². The Morgan fingerprint density at radius 2 is 1.96 bits per heavy atom. The van der Waals surface area contributed by atoms with Gasteiger partial charge in [0.15, 0.2) is 5.96 Å². The van der Waals surface area contributed by atoms with Crippen LogP contribution in [-0.2, 0) is 11.2 Å². The fourth-order valence-electron chi connectivity index (χ4n) is 3.79. The van der Waals surface area contributed by atoms with Crippen LogP contribution in [0.3, 0.4) is 0 Å². The summed E-state index contributed by atoms with van der Waals surface area (Å²) in [4.78, 5) is 24.0. The van der Waals surface area contributed by atoms with E-state index in [0.717, 1.165) is 63.7 Å². The summed E-state index contributed by atoms with van der Waals surface area (Å²) < 4.78 is 5.39. The van der Waals surface area contributed by atoms with Gasteiger partial charge in [0.05, 0.1) is 12.3 Å². The molecule has 1 aromatic rings. The Kier molecular flexibility index (Phi) is 9.07. The standard InChI is InChI=1S/C20H33N5O2.HI/c1-16(2)22-20(21-9-8-17-6-5-15-27-17)25-13-11-24(12-14-25)19(26)18-7-4-10-23(18)3;/h5-6,15-16,18H,4,7-14H2,1-3H3,(H,21,22);1H. The fraction of sp³-hybridized carbons (Fsp3) is 0.700. The van der Waals surface area contributed by atoms with E-state index in [1.807, 2.05) is 17.0 Å². The van der Waals surface area contributed by atoms with Gasteiger partial charge in [-0.15, -0.1) is 24.0 Å². The molecule has 1 amide bonds. The van der Waals surface area contributed by atoms with E-state index in [2.05, 4.69) is 36.0 Å². The van der Waals surface area contributed by atoms with Crippen LogP contribution in [0.25, 0.3) is 0 Å². The first kappa shape index (κ1) is 23.0. The van der Waals surface area contributed by atoms with Gasteiger partial charge in [0, 0.05) is 45.2 Å². The van der Waals surface area contributed by atoms with Crippen molar-refractivity contribution in [2.24, 2.45) is 4.99 Å². The summed E-state index contributed by atoms with van der Waals surface area (Å²) in [7, 11) is 2.06. The normalized spacial score (nSPS) is 21.1. The summed E-state index contributed by atoms with van der Waals surface area (Å²) in [6, 6.07) is 4.28. The molecule has 0 radical (unpaired) electrons. The van der Waals surface area contributed by atoms with E-state index >= 15 is 0 Å². The molecule has 0 spiro atoms. The number of likely N-dealkylation sites (N-methyl/N-ethyl adjacent to an activating group) is 1. The summed E-state index contributed by atoms with van der Waals surface area (Å²) in [5, 5.41) is 3.47. The summed E-state index contributed by atoms with van der Waals surface area (Å²) in [6.45, 7) is 9.13. The minimum Gasteiger partial charge on any atom is -0.469 e. The monoisotopic (exact) mass is 503 g/mol. The number of nitrogens with zero attached hydrogens (tertiary/aromatic N) is 4. The Morgan fingerprint density at radius 3 is 2.54 bits per heavy atom. The SMILES string of the molecule is CC(C)NC(=NCCc1ccco1)N1CCN(C(=O)C2CCCN2C)CC1.I. The molecule has 2 fully saturated rings. The van der Waals surface area contributed by atoms with Crippen molar-refractivity contribution in [2.45, 2.75) is 45.2 Å². The van der Waals surface area contributed by atoms with Gasteiger partial charge in [-0.05, 0) is 52.4 Å². The number of guanidine groups is 1. The fourth-order valence-corrected chi connectivity index (χ4v) is 3.79. The predicted molar refractivity (Wildman–Crippen MR) is 122 cm³/mol. The lowest BCUT2D eigenvalue weighted by Gasteiger charge is -2.38. The zero-order valence-electron chi connectivity index (χ0n) is 17.3. The molecule has 28 heavy (non-hydrogen) atoms. The van der Waals surface area contributed by atoms with Gasteiger partial charge < -0.3 is 19.5 Å². The van der Waals surface area contributed by atoms with Crippen molar-refractivity contribution in [3.05, 3.63) is 24.2 Å². The Hall–Kier alpha value is -1.29. The Labute approximate surface area is 185 Å². The van der Waals surface area contributed by atoms with Crippen LogP contribution >= 0.6 is 24.0 Å². The second kappa shape index (κ2) is 11.0. The second-order valence-electron chi connectivity index (χ2n) is 7.78.